The second kappa shape index (κ2) is 7.77. The highest BCUT2D eigenvalue weighted by Crippen LogP contribution is 2.15. The van der Waals surface area contributed by atoms with Gasteiger partial charge in [-0.05, 0) is 39.2 Å². The van der Waals surface area contributed by atoms with Crippen molar-refractivity contribution in [1.82, 2.24) is 10.2 Å². The number of ether oxygens (including phenoxy) is 1. The summed E-state index contributed by atoms with van der Waals surface area (Å²) in [5.41, 5.74) is 2.35. The van der Waals surface area contributed by atoms with E-state index in [1.54, 1.807) is 12.1 Å². The van der Waals surface area contributed by atoms with Gasteiger partial charge in [-0.25, -0.2) is 0 Å². The Morgan fingerprint density at radius 3 is 2.57 bits per heavy atom. The van der Waals surface area contributed by atoms with Gasteiger partial charge >= 0.3 is 0 Å². The van der Waals surface area contributed by atoms with Crippen molar-refractivity contribution < 1.29 is 13.9 Å². The fourth-order valence-corrected chi connectivity index (χ4v) is 2.89. The van der Waals surface area contributed by atoms with E-state index in [0.29, 0.717) is 17.0 Å². The Kier molecular flexibility index (Phi) is 5.48. The maximum Gasteiger partial charge on any atom is 0.287 e. The van der Waals surface area contributed by atoms with Crippen molar-refractivity contribution in [3.05, 3.63) is 58.0 Å². The first kappa shape index (κ1) is 16.2. The van der Waals surface area contributed by atoms with Crippen LogP contribution in [0.2, 0.25) is 0 Å². The Morgan fingerprint density at radius 2 is 1.87 bits per heavy atom. The van der Waals surface area contributed by atoms with Crippen molar-refractivity contribution in [3.8, 4) is 0 Å². The van der Waals surface area contributed by atoms with E-state index in [0.717, 1.165) is 38.4 Å². The van der Waals surface area contributed by atoms with Crippen LogP contribution in [-0.4, -0.2) is 37.1 Å². The summed E-state index contributed by atoms with van der Waals surface area (Å²) in [6.07, 6.45) is 0. The van der Waals surface area contributed by atoms with Gasteiger partial charge in [0.25, 0.3) is 5.91 Å². The Bertz CT molecular complexity index is 665. The summed E-state index contributed by atoms with van der Waals surface area (Å²) < 4.78 is 11.2. The van der Waals surface area contributed by atoms with Gasteiger partial charge in [0.05, 0.1) is 13.2 Å². The monoisotopic (exact) mass is 378 g/mol. The molecule has 0 radical (unpaired) electrons. The zero-order chi connectivity index (χ0) is 16.1. The average Bonchev–Trinajstić information content (AvgIpc) is 3.01. The number of halogens is 1. The topological polar surface area (TPSA) is 54.7 Å². The number of furan rings is 1. The van der Waals surface area contributed by atoms with E-state index in [1.807, 2.05) is 18.2 Å². The van der Waals surface area contributed by atoms with Gasteiger partial charge in [-0.15, -0.1) is 0 Å². The Labute approximate surface area is 143 Å². The first-order valence-electron chi connectivity index (χ1n) is 7.63. The van der Waals surface area contributed by atoms with Gasteiger partial charge in [-0.1, -0.05) is 24.3 Å². The summed E-state index contributed by atoms with van der Waals surface area (Å²) in [5, 5.41) is 2.91. The molecule has 23 heavy (non-hydrogen) atoms. The molecule has 1 saturated heterocycles. The van der Waals surface area contributed by atoms with E-state index in [2.05, 4.69) is 32.2 Å². The number of hydrogen-bond acceptors (Lipinski definition) is 4. The first-order chi connectivity index (χ1) is 11.2. The van der Waals surface area contributed by atoms with Crippen LogP contribution in [0.15, 0.2) is 45.5 Å². The summed E-state index contributed by atoms with van der Waals surface area (Å²) in [6.45, 7) is 4.82. The minimum atomic E-state index is -0.211. The molecule has 2 aromatic rings. The lowest BCUT2D eigenvalue weighted by atomic mass is 10.1. The van der Waals surface area contributed by atoms with Crippen LogP contribution < -0.4 is 5.32 Å². The molecule has 0 saturated carbocycles. The predicted octanol–water partition coefficient (Wildman–Crippen LogP) is 2.80. The minimum Gasteiger partial charge on any atom is -0.444 e. The number of nitrogens with zero attached hydrogens (tertiary/aromatic N) is 1. The molecule has 1 amide bonds. The smallest absolute Gasteiger partial charge is 0.287 e. The van der Waals surface area contributed by atoms with E-state index in [9.17, 15) is 4.79 Å². The molecule has 6 heteroatoms. The third kappa shape index (κ3) is 4.43. The van der Waals surface area contributed by atoms with Gasteiger partial charge in [-0.2, -0.15) is 0 Å². The van der Waals surface area contributed by atoms with Crippen LogP contribution in [-0.2, 0) is 17.8 Å². The van der Waals surface area contributed by atoms with Crippen LogP contribution >= 0.6 is 15.9 Å². The van der Waals surface area contributed by atoms with Crippen molar-refractivity contribution in [3.63, 3.8) is 0 Å². The van der Waals surface area contributed by atoms with Crippen molar-refractivity contribution in [2.75, 3.05) is 26.3 Å². The second-order valence-corrected chi connectivity index (χ2v) is 6.23. The Hall–Kier alpha value is -1.63. The molecule has 0 bridgehead atoms. The van der Waals surface area contributed by atoms with E-state index >= 15 is 0 Å². The molecular weight excluding hydrogens is 360 g/mol. The lowest BCUT2D eigenvalue weighted by Crippen LogP contribution is -2.36. The van der Waals surface area contributed by atoms with Gasteiger partial charge in [0.15, 0.2) is 10.4 Å². The van der Waals surface area contributed by atoms with Crippen LogP contribution in [0, 0.1) is 0 Å². The fraction of sp³-hybridized carbons (Fsp3) is 0.353. The summed E-state index contributed by atoms with van der Waals surface area (Å²) in [7, 11) is 0. The molecule has 1 aromatic heterocycles. The van der Waals surface area contributed by atoms with Gasteiger partial charge < -0.3 is 14.5 Å². The second-order valence-electron chi connectivity index (χ2n) is 5.44. The number of carbonyl (C=O) groups is 1. The molecule has 3 rings (SSSR count). The molecule has 1 fully saturated rings. The van der Waals surface area contributed by atoms with Crippen molar-refractivity contribution in [2.24, 2.45) is 0 Å². The van der Waals surface area contributed by atoms with Gasteiger partial charge in [0.1, 0.15) is 0 Å². The summed E-state index contributed by atoms with van der Waals surface area (Å²) in [6, 6.07) is 11.5. The molecular formula is C17H19BrN2O3. The fourth-order valence-electron chi connectivity index (χ4n) is 2.58. The molecule has 0 atom stereocenters. The SMILES string of the molecule is O=C(NCc1ccccc1CN1CCOCC1)c1ccc(Br)o1. The number of hydrogen-bond donors (Lipinski definition) is 1. The molecule has 0 aliphatic carbocycles. The molecule has 2 heterocycles. The molecule has 1 aliphatic heterocycles. The summed E-state index contributed by atoms with van der Waals surface area (Å²) in [5.74, 6) is 0.0967. The number of amides is 1. The normalized spacial score (nSPS) is 15.5. The summed E-state index contributed by atoms with van der Waals surface area (Å²) in [4.78, 5) is 14.4. The molecule has 1 aromatic carbocycles. The lowest BCUT2D eigenvalue weighted by Gasteiger charge is -2.27. The molecule has 0 spiro atoms. The van der Waals surface area contributed by atoms with Crippen molar-refractivity contribution in [2.45, 2.75) is 13.1 Å². The lowest BCUT2D eigenvalue weighted by molar-refractivity contribution is 0.0340. The van der Waals surface area contributed by atoms with Crippen LogP contribution in [0.1, 0.15) is 21.7 Å². The Morgan fingerprint density at radius 1 is 1.13 bits per heavy atom. The molecule has 0 unspecified atom stereocenters. The molecule has 1 N–H and O–H groups in total. The predicted molar refractivity (Wildman–Crippen MR) is 90.1 cm³/mol. The zero-order valence-corrected chi connectivity index (χ0v) is 14.3. The number of rotatable bonds is 5. The highest BCUT2D eigenvalue weighted by Gasteiger charge is 2.14. The third-order valence-electron chi connectivity index (χ3n) is 3.85. The average molecular weight is 379 g/mol. The zero-order valence-electron chi connectivity index (χ0n) is 12.8. The number of carbonyl (C=O) groups excluding carboxylic acids is 1. The molecule has 122 valence electrons. The van der Waals surface area contributed by atoms with Crippen LogP contribution in [0.3, 0.4) is 0 Å². The number of benzene rings is 1. The van der Waals surface area contributed by atoms with E-state index in [-0.39, 0.29) is 5.91 Å². The van der Waals surface area contributed by atoms with Crippen molar-refractivity contribution in [1.29, 1.82) is 0 Å². The Balaban J connectivity index is 1.62. The van der Waals surface area contributed by atoms with Crippen LogP contribution in [0.4, 0.5) is 0 Å². The van der Waals surface area contributed by atoms with Gasteiger partial charge in [0, 0.05) is 26.2 Å². The highest BCUT2D eigenvalue weighted by atomic mass is 79.9. The van der Waals surface area contributed by atoms with Gasteiger partial charge in [-0.3, -0.25) is 9.69 Å². The maximum atomic E-state index is 12.1. The quantitative estimate of drug-likeness (QED) is 0.868. The van der Waals surface area contributed by atoms with E-state index in [1.165, 1.54) is 5.56 Å². The summed E-state index contributed by atoms with van der Waals surface area (Å²) >= 11 is 3.20. The third-order valence-corrected chi connectivity index (χ3v) is 4.28. The maximum absolute atomic E-state index is 12.1. The first-order valence-corrected chi connectivity index (χ1v) is 8.42. The highest BCUT2D eigenvalue weighted by molar-refractivity contribution is 9.10. The van der Waals surface area contributed by atoms with E-state index in [4.69, 9.17) is 9.15 Å². The molecule has 1 aliphatic rings. The van der Waals surface area contributed by atoms with Crippen LogP contribution in [0.5, 0.6) is 0 Å². The van der Waals surface area contributed by atoms with Crippen LogP contribution in [0.25, 0.3) is 0 Å². The van der Waals surface area contributed by atoms with Gasteiger partial charge in [0.2, 0.25) is 0 Å². The number of nitrogens with one attached hydrogen (secondary N) is 1. The minimum absolute atomic E-state index is 0.211. The largest absolute Gasteiger partial charge is 0.444 e. The van der Waals surface area contributed by atoms with E-state index < -0.39 is 0 Å². The standard InChI is InChI=1S/C17H19BrN2O3/c18-16-6-5-15(23-16)17(21)19-11-13-3-1-2-4-14(13)12-20-7-9-22-10-8-20/h1-6H,7-12H2,(H,19,21). The van der Waals surface area contributed by atoms with Crippen molar-refractivity contribution >= 4 is 21.8 Å². The molecule has 5 nitrogen and oxygen atoms in total. The number of morpholine rings is 1.